The van der Waals surface area contributed by atoms with Gasteiger partial charge < -0.3 is 4.74 Å². The molecule has 0 aromatic rings. The molecule has 0 aromatic carbocycles. The topological polar surface area (TPSA) is 26.3 Å². The van der Waals surface area contributed by atoms with Gasteiger partial charge >= 0.3 is 5.97 Å². The van der Waals surface area contributed by atoms with Crippen molar-refractivity contribution < 1.29 is 9.53 Å². The number of hydrogen-bond donors (Lipinski definition) is 0. The van der Waals surface area contributed by atoms with Crippen LogP contribution in [0.25, 0.3) is 0 Å². The van der Waals surface area contributed by atoms with Crippen molar-refractivity contribution in [1.82, 2.24) is 0 Å². The second-order valence-corrected chi connectivity index (χ2v) is 9.55. The predicted molar refractivity (Wildman–Crippen MR) is 96.4 cm³/mol. The van der Waals surface area contributed by atoms with Crippen LogP contribution in [0.4, 0.5) is 0 Å². The molecule has 0 spiro atoms. The first-order chi connectivity index (χ1) is 11.6. The number of esters is 1. The Labute approximate surface area is 148 Å². The third-order valence-corrected chi connectivity index (χ3v) is 8.56. The monoisotopic (exact) mass is 332 g/mol. The number of hydrogen-bond acceptors (Lipinski definition) is 2. The summed E-state index contributed by atoms with van der Waals surface area (Å²) < 4.78 is 6.53. The minimum Gasteiger partial charge on any atom is -0.458 e. The fourth-order valence-electron chi connectivity index (χ4n) is 7.37. The maximum absolute atomic E-state index is 13.2. The van der Waals surface area contributed by atoms with Crippen LogP contribution in [0.1, 0.15) is 85.0 Å². The lowest BCUT2D eigenvalue weighted by Gasteiger charge is -2.60. The van der Waals surface area contributed by atoms with Gasteiger partial charge in [0.2, 0.25) is 0 Å². The summed E-state index contributed by atoms with van der Waals surface area (Å²) in [5.41, 5.74) is -0.104. The van der Waals surface area contributed by atoms with Crippen LogP contribution in [-0.2, 0) is 9.53 Å². The molecule has 24 heavy (non-hydrogen) atoms. The average Bonchev–Trinajstić information content (AvgIpc) is 3.01. The lowest BCUT2D eigenvalue weighted by atomic mass is 9.49. The molecule has 3 atom stereocenters. The highest BCUT2D eigenvalue weighted by Gasteiger charge is 2.59. The van der Waals surface area contributed by atoms with Crippen LogP contribution in [-0.4, -0.2) is 11.6 Å². The van der Waals surface area contributed by atoms with Gasteiger partial charge in [0.05, 0.1) is 5.92 Å². The van der Waals surface area contributed by atoms with Crippen LogP contribution < -0.4 is 0 Å². The molecule has 5 aliphatic rings. The molecule has 0 aliphatic heterocycles. The number of ether oxygens (including phenoxy) is 1. The molecular weight excluding hydrogens is 296 g/mol. The molecule has 5 rings (SSSR count). The summed E-state index contributed by atoms with van der Waals surface area (Å²) in [6, 6.07) is 0. The first-order valence-corrected chi connectivity index (χ1v) is 10.8. The van der Waals surface area contributed by atoms with E-state index in [9.17, 15) is 4.79 Å². The highest BCUT2D eigenvalue weighted by molar-refractivity contribution is 5.74. The fraction of sp³-hybridized carbons (Fsp3) is 0.955. The zero-order valence-corrected chi connectivity index (χ0v) is 15.9. The van der Waals surface area contributed by atoms with E-state index in [2.05, 4.69) is 20.8 Å². The van der Waals surface area contributed by atoms with E-state index >= 15 is 0 Å². The Bertz CT molecular complexity index is 454. The van der Waals surface area contributed by atoms with E-state index in [1.54, 1.807) is 0 Å². The molecule has 0 heterocycles. The van der Waals surface area contributed by atoms with Crippen LogP contribution >= 0.6 is 0 Å². The Morgan fingerprint density at radius 1 is 0.875 bits per heavy atom. The highest BCUT2D eigenvalue weighted by atomic mass is 16.6. The van der Waals surface area contributed by atoms with E-state index in [-0.39, 0.29) is 17.5 Å². The van der Waals surface area contributed by atoms with E-state index < -0.39 is 0 Å². The summed E-state index contributed by atoms with van der Waals surface area (Å²) in [6.45, 7) is 6.80. The van der Waals surface area contributed by atoms with Crippen LogP contribution in [0.2, 0.25) is 0 Å². The van der Waals surface area contributed by atoms with Crippen LogP contribution in [0.15, 0.2) is 0 Å². The van der Waals surface area contributed by atoms with Crippen molar-refractivity contribution in [3.05, 3.63) is 0 Å². The van der Waals surface area contributed by atoms with Crippen molar-refractivity contribution in [3.8, 4) is 0 Å². The van der Waals surface area contributed by atoms with E-state index in [0.717, 1.165) is 37.0 Å². The third kappa shape index (κ3) is 2.54. The Kier molecular flexibility index (Phi) is 4.46. The SMILES string of the molecule is CCC1CC(CC)C(C(=O)OC2(CC)C3CC4CC(C3)CC2C4)C1. The lowest BCUT2D eigenvalue weighted by Crippen LogP contribution is -2.59. The first-order valence-electron chi connectivity index (χ1n) is 10.8. The van der Waals surface area contributed by atoms with E-state index in [1.165, 1.54) is 44.9 Å². The molecule has 5 aliphatic carbocycles. The number of carbonyl (C=O) groups excluding carboxylic acids is 1. The molecule has 0 N–H and O–H groups in total. The third-order valence-electron chi connectivity index (χ3n) is 8.56. The quantitative estimate of drug-likeness (QED) is 0.613. The zero-order chi connectivity index (χ0) is 16.9. The van der Waals surface area contributed by atoms with Gasteiger partial charge in [0.25, 0.3) is 0 Å². The van der Waals surface area contributed by atoms with Gasteiger partial charge in [-0.05, 0) is 86.9 Å². The molecule has 2 nitrogen and oxygen atoms in total. The summed E-state index contributed by atoms with van der Waals surface area (Å²) in [5, 5.41) is 0. The Morgan fingerprint density at radius 3 is 2.00 bits per heavy atom. The molecule has 5 fully saturated rings. The summed E-state index contributed by atoms with van der Waals surface area (Å²) in [4.78, 5) is 13.2. The zero-order valence-electron chi connectivity index (χ0n) is 15.9. The highest BCUT2D eigenvalue weighted by Crippen LogP contribution is 2.61. The molecule has 0 amide bonds. The molecule has 0 radical (unpaired) electrons. The summed E-state index contributed by atoms with van der Waals surface area (Å²) in [5.74, 6) is 4.84. The maximum Gasteiger partial charge on any atom is 0.309 e. The second kappa shape index (κ2) is 6.32. The Morgan fingerprint density at radius 2 is 1.50 bits per heavy atom. The molecule has 0 saturated heterocycles. The predicted octanol–water partition coefficient (Wildman–Crippen LogP) is 5.60. The normalized spacial score (nSPS) is 49.5. The summed E-state index contributed by atoms with van der Waals surface area (Å²) in [7, 11) is 0. The van der Waals surface area contributed by atoms with Crippen molar-refractivity contribution in [1.29, 1.82) is 0 Å². The van der Waals surface area contributed by atoms with Crippen molar-refractivity contribution in [3.63, 3.8) is 0 Å². The molecule has 5 saturated carbocycles. The van der Waals surface area contributed by atoms with Crippen LogP contribution in [0, 0.1) is 41.4 Å². The second-order valence-electron chi connectivity index (χ2n) is 9.55. The first kappa shape index (κ1) is 16.9. The van der Waals surface area contributed by atoms with Gasteiger partial charge in [0, 0.05) is 0 Å². The standard InChI is InChI=1S/C22H36O2/c1-4-14-8-17(5-2)20(13-14)21(23)24-22(6-3)18-9-15-7-16(11-18)12-19(22)10-15/h14-20H,4-13H2,1-3H3. The molecule has 136 valence electrons. The number of carbonyl (C=O) groups is 1. The van der Waals surface area contributed by atoms with Gasteiger partial charge in [-0.2, -0.15) is 0 Å². The van der Waals surface area contributed by atoms with Crippen molar-refractivity contribution in [2.45, 2.75) is 90.6 Å². The van der Waals surface area contributed by atoms with Gasteiger partial charge in [0.1, 0.15) is 5.60 Å². The summed E-state index contributed by atoms with van der Waals surface area (Å²) in [6.07, 6.45) is 12.5. The van der Waals surface area contributed by atoms with Crippen molar-refractivity contribution >= 4 is 5.97 Å². The van der Waals surface area contributed by atoms with Gasteiger partial charge in [-0.25, -0.2) is 0 Å². The van der Waals surface area contributed by atoms with Crippen molar-refractivity contribution in [2.24, 2.45) is 41.4 Å². The summed E-state index contributed by atoms with van der Waals surface area (Å²) >= 11 is 0. The largest absolute Gasteiger partial charge is 0.458 e. The van der Waals surface area contributed by atoms with E-state index in [1.807, 2.05) is 0 Å². The average molecular weight is 333 g/mol. The molecule has 3 unspecified atom stereocenters. The Hall–Kier alpha value is -0.530. The maximum atomic E-state index is 13.2. The van der Waals surface area contributed by atoms with E-state index in [4.69, 9.17) is 4.74 Å². The Balaban J connectivity index is 1.51. The van der Waals surface area contributed by atoms with Gasteiger partial charge in [-0.1, -0.05) is 33.6 Å². The molecule has 4 bridgehead atoms. The van der Waals surface area contributed by atoms with Gasteiger partial charge in [-0.3, -0.25) is 4.79 Å². The molecule has 2 heteroatoms. The number of rotatable bonds is 5. The van der Waals surface area contributed by atoms with Gasteiger partial charge in [-0.15, -0.1) is 0 Å². The fourth-order valence-corrected chi connectivity index (χ4v) is 7.37. The van der Waals surface area contributed by atoms with Gasteiger partial charge in [0.15, 0.2) is 0 Å². The lowest BCUT2D eigenvalue weighted by molar-refractivity contribution is -0.215. The smallest absolute Gasteiger partial charge is 0.309 e. The van der Waals surface area contributed by atoms with Crippen molar-refractivity contribution in [2.75, 3.05) is 0 Å². The molecular formula is C22H36O2. The minimum atomic E-state index is -0.104. The van der Waals surface area contributed by atoms with Crippen LogP contribution in [0.5, 0.6) is 0 Å². The molecule has 0 aromatic heterocycles. The van der Waals surface area contributed by atoms with E-state index in [0.29, 0.717) is 17.8 Å². The minimum absolute atomic E-state index is 0.104. The van der Waals surface area contributed by atoms with Crippen LogP contribution in [0.3, 0.4) is 0 Å².